The van der Waals surface area contributed by atoms with Crippen LogP contribution in [0.3, 0.4) is 0 Å². The molecule has 46 heavy (non-hydrogen) atoms. The molecular weight excluding hydrogens is 558 g/mol. The SMILES string of the molecule is c1ccc(-c2ccc(N(c3ccc4ccccc4c3)c3cccc4c3Oc3c(ccc5ccccc35)-c3ccccc3-4)cc2)cc1. The molecule has 0 N–H and O–H groups in total. The first-order valence-corrected chi connectivity index (χ1v) is 15.7. The Hall–Kier alpha value is -6.12. The van der Waals surface area contributed by atoms with E-state index in [0.717, 1.165) is 56.0 Å². The minimum absolute atomic E-state index is 0.838. The maximum absolute atomic E-state index is 7.19. The maximum Gasteiger partial charge on any atom is 0.159 e. The Morgan fingerprint density at radius 3 is 1.74 bits per heavy atom. The first-order chi connectivity index (χ1) is 22.8. The van der Waals surface area contributed by atoms with Crippen LogP contribution in [0.4, 0.5) is 17.1 Å². The van der Waals surface area contributed by atoms with Crippen molar-refractivity contribution in [2.45, 2.75) is 0 Å². The molecule has 0 saturated heterocycles. The van der Waals surface area contributed by atoms with Crippen molar-refractivity contribution in [1.29, 1.82) is 0 Å². The van der Waals surface area contributed by atoms with Gasteiger partial charge in [-0.3, -0.25) is 0 Å². The van der Waals surface area contributed by atoms with E-state index in [9.17, 15) is 0 Å². The molecule has 0 saturated carbocycles. The van der Waals surface area contributed by atoms with Gasteiger partial charge in [0.05, 0.1) is 5.69 Å². The summed E-state index contributed by atoms with van der Waals surface area (Å²) in [5, 5.41) is 4.66. The van der Waals surface area contributed by atoms with Crippen molar-refractivity contribution in [2.24, 2.45) is 0 Å². The van der Waals surface area contributed by atoms with Crippen LogP contribution in [0.25, 0.3) is 54.9 Å². The maximum atomic E-state index is 7.19. The number of hydrogen-bond donors (Lipinski definition) is 0. The average Bonchev–Trinajstić information content (AvgIpc) is 3.28. The summed E-state index contributed by atoms with van der Waals surface area (Å²) in [6, 6.07) is 62.6. The Morgan fingerprint density at radius 2 is 0.935 bits per heavy atom. The molecule has 0 atom stereocenters. The Bertz CT molecular complexity index is 2390. The third-order valence-corrected chi connectivity index (χ3v) is 9.05. The third kappa shape index (κ3) is 4.35. The molecule has 0 spiro atoms. The lowest BCUT2D eigenvalue weighted by Crippen LogP contribution is -2.11. The second-order valence-electron chi connectivity index (χ2n) is 11.7. The van der Waals surface area contributed by atoms with Crippen LogP contribution in [0.15, 0.2) is 176 Å². The molecule has 8 aromatic rings. The number of ether oxygens (including phenoxy) is 1. The van der Waals surface area contributed by atoms with Gasteiger partial charge < -0.3 is 9.64 Å². The van der Waals surface area contributed by atoms with E-state index in [1.807, 2.05) is 0 Å². The smallest absolute Gasteiger partial charge is 0.159 e. The third-order valence-electron chi connectivity index (χ3n) is 9.05. The lowest BCUT2D eigenvalue weighted by molar-refractivity contribution is 0.494. The van der Waals surface area contributed by atoms with Crippen molar-refractivity contribution < 1.29 is 4.74 Å². The molecule has 2 heteroatoms. The van der Waals surface area contributed by atoms with Crippen molar-refractivity contribution in [3.8, 4) is 44.9 Å². The summed E-state index contributed by atoms with van der Waals surface area (Å²) in [5.41, 5.74) is 9.98. The Balaban J connectivity index is 1.30. The van der Waals surface area contributed by atoms with Gasteiger partial charge in [-0.1, -0.05) is 140 Å². The second kappa shape index (κ2) is 10.8. The van der Waals surface area contributed by atoms with E-state index < -0.39 is 0 Å². The summed E-state index contributed by atoms with van der Waals surface area (Å²) in [7, 11) is 0. The molecule has 216 valence electrons. The van der Waals surface area contributed by atoms with Crippen LogP contribution < -0.4 is 9.64 Å². The number of para-hydroxylation sites is 1. The monoisotopic (exact) mass is 587 g/mol. The molecule has 9 rings (SSSR count). The predicted octanol–water partition coefficient (Wildman–Crippen LogP) is 12.6. The van der Waals surface area contributed by atoms with Crippen LogP contribution in [0.1, 0.15) is 0 Å². The summed E-state index contributed by atoms with van der Waals surface area (Å²) in [6.45, 7) is 0. The van der Waals surface area contributed by atoms with Gasteiger partial charge in [0.15, 0.2) is 5.75 Å². The summed E-state index contributed by atoms with van der Waals surface area (Å²) >= 11 is 0. The van der Waals surface area contributed by atoms with Crippen molar-refractivity contribution in [3.63, 3.8) is 0 Å². The zero-order chi connectivity index (χ0) is 30.5. The van der Waals surface area contributed by atoms with Crippen LogP contribution in [0.2, 0.25) is 0 Å². The number of nitrogens with zero attached hydrogens (tertiary/aromatic N) is 1. The molecular formula is C44H29NO. The molecule has 0 amide bonds. The highest BCUT2D eigenvalue weighted by Gasteiger charge is 2.27. The molecule has 0 radical (unpaired) electrons. The van der Waals surface area contributed by atoms with Gasteiger partial charge >= 0.3 is 0 Å². The van der Waals surface area contributed by atoms with Gasteiger partial charge in [0.2, 0.25) is 0 Å². The number of anilines is 3. The zero-order valence-corrected chi connectivity index (χ0v) is 25.1. The molecule has 0 fully saturated rings. The number of rotatable bonds is 4. The number of benzene rings is 8. The van der Waals surface area contributed by atoms with E-state index in [-0.39, 0.29) is 0 Å². The van der Waals surface area contributed by atoms with Gasteiger partial charge in [-0.2, -0.15) is 0 Å². The van der Waals surface area contributed by atoms with Gasteiger partial charge in [-0.05, 0) is 74.8 Å². The van der Waals surface area contributed by atoms with Crippen molar-refractivity contribution in [1.82, 2.24) is 0 Å². The molecule has 0 bridgehead atoms. The van der Waals surface area contributed by atoms with E-state index in [4.69, 9.17) is 4.74 Å². The Kier molecular flexibility index (Phi) is 6.17. The number of hydrogen-bond acceptors (Lipinski definition) is 2. The van der Waals surface area contributed by atoms with Crippen molar-refractivity contribution >= 4 is 38.6 Å². The summed E-state index contributed by atoms with van der Waals surface area (Å²) < 4.78 is 7.19. The molecule has 0 unspecified atom stereocenters. The average molecular weight is 588 g/mol. The van der Waals surface area contributed by atoms with Gasteiger partial charge in [0.1, 0.15) is 5.75 Å². The van der Waals surface area contributed by atoms with E-state index in [1.54, 1.807) is 0 Å². The minimum atomic E-state index is 0.838. The highest BCUT2D eigenvalue weighted by molar-refractivity contribution is 6.02. The second-order valence-corrected chi connectivity index (χ2v) is 11.7. The fourth-order valence-corrected chi connectivity index (χ4v) is 6.82. The molecule has 1 aliphatic rings. The lowest BCUT2D eigenvalue weighted by Gasteiger charge is -2.29. The normalized spacial score (nSPS) is 11.7. The molecule has 1 heterocycles. The van der Waals surface area contributed by atoms with E-state index in [2.05, 4.69) is 181 Å². The van der Waals surface area contributed by atoms with Crippen molar-refractivity contribution in [3.05, 3.63) is 176 Å². The summed E-state index contributed by atoms with van der Waals surface area (Å²) in [5.74, 6) is 1.72. The summed E-state index contributed by atoms with van der Waals surface area (Å²) in [6.07, 6.45) is 0. The Labute approximate surface area is 268 Å². The van der Waals surface area contributed by atoms with E-state index in [1.165, 1.54) is 27.5 Å². The topological polar surface area (TPSA) is 12.5 Å². The molecule has 2 nitrogen and oxygen atoms in total. The minimum Gasteiger partial charge on any atom is -0.453 e. The van der Waals surface area contributed by atoms with Crippen LogP contribution in [0.5, 0.6) is 11.5 Å². The van der Waals surface area contributed by atoms with Gasteiger partial charge in [-0.25, -0.2) is 0 Å². The van der Waals surface area contributed by atoms with E-state index >= 15 is 0 Å². The van der Waals surface area contributed by atoms with Crippen LogP contribution in [0, 0.1) is 0 Å². The summed E-state index contributed by atoms with van der Waals surface area (Å²) in [4.78, 5) is 2.33. The Morgan fingerprint density at radius 1 is 0.348 bits per heavy atom. The van der Waals surface area contributed by atoms with Crippen molar-refractivity contribution in [2.75, 3.05) is 4.90 Å². The molecule has 1 aliphatic heterocycles. The highest BCUT2D eigenvalue weighted by atomic mass is 16.5. The highest BCUT2D eigenvalue weighted by Crippen LogP contribution is 2.54. The first kappa shape index (κ1) is 26.3. The van der Waals surface area contributed by atoms with Gasteiger partial charge in [0.25, 0.3) is 0 Å². The van der Waals surface area contributed by atoms with Crippen LogP contribution in [-0.4, -0.2) is 0 Å². The zero-order valence-electron chi connectivity index (χ0n) is 25.1. The van der Waals surface area contributed by atoms with Crippen LogP contribution in [-0.2, 0) is 0 Å². The standard InChI is InChI=1S/C44H29NO/c1-2-11-30(12-3-1)32-21-25-35(26-22-32)45(36-27-23-31-13-4-5-15-34(31)29-36)42-20-10-19-40-38-17-8-9-18-39(38)41-28-24-33-14-6-7-16-37(33)43(41)46-44(40)42/h1-29H. The van der Waals surface area contributed by atoms with E-state index in [0.29, 0.717) is 0 Å². The largest absolute Gasteiger partial charge is 0.453 e. The number of fused-ring (bicyclic) bond motifs is 8. The van der Waals surface area contributed by atoms with Crippen LogP contribution >= 0.6 is 0 Å². The quantitative estimate of drug-likeness (QED) is 0.203. The predicted molar refractivity (Wildman–Crippen MR) is 193 cm³/mol. The molecule has 0 aromatic heterocycles. The first-order valence-electron chi connectivity index (χ1n) is 15.7. The fourth-order valence-electron chi connectivity index (χ4n) is 6.82. The fraction of sp³-hybridized carbons (Fsp3) is 0. The van der Waals surface area contributed by atoms with Gasteiger partial charge in [0, 0.05) is 27.9 Å². The molecule has 0 aliphatic carbocycles. The van der Waals surface area contributed by atoms with Gasteiger partial charge in [-0.15, -0.1) is 0 Å². The lowest BCUT2D eigenvalue weighted by atomic mass is 9.93. The molecule has 8 aromatic carbocycles.